The van der Waals surface area contributed by atoms with Crippen LogP contribution in [0.25, 0.3) is 0 Å². The molecule has 0 aliphatic rings. The van der Waals surface area contributed by atoms with Gasteiger partial charge in [-0.15, -0.1) is 11.3 Å². The van der Waals surface area contributed by atoms with Gasteiger partial charge in [-0.2, -0.15) is 0 Å². The molecule has 0 fully saturated rings. The second-order valence-corrected chi connectivity index (χ2v) is 8.55. The smallest absolute Gasteiger partial charge is 0.0701 e. The SMILES string of the molecule is CC(C)(C)c1ccc(C(Cc2ccc(Br)s2)NN)cc1. The van der Waals surface area contributed by atoms with Gasteiger partial charge in [0.15, 0.2) is 0 Å². The number of thiophene rings is 1. The molecule has 1 aromatic carbocycles. The first-order chi connectivity index (χ1) is 9.40. The fraction of sp³-hybridized carbons (Fsp3) is 0.375. The summed E-state index contributed by atoms with van der Waals surface area (Å²) in [4.78, 5) is 1.32. The number of halogens is 1. The molecule has 0 aliphatic heterocycles. The topological polar surface area (TPSA) is 38.0 Å². The fourth-order valence-corrected chi connectivity index (χ4v) is 3.68. The van der Waals surface area contributed by atoms with Crippen LogP contribution in [-0.2, 0) is 11.8 Å². The minimum absolute atomic E-state index is 0.148. The quantitative estimate of drug-likeness (QED) is 0.625. The van der Waals surface area contributed by atoms with Gasteiger partial charge >= 0.3 is 0 Å². The summed E-state index contributed by atoms with van der Waals surface area (Å²) < 4.78 is 1.16. The van der Waals surface area contributed by atoms with E-state index in [2.05, 4.69) is 78.5 Å². The first kappa shape index (κ1) is 15.7. The molecule has 3 N–H and O–H groups in total. The van der Waals surface area contributed by atoms with Crippen molar-refractivity contribution in [1.29, 1.82) is 0 Å². The molecule has 2 aromatic rings. The van der Waals surface area contributed by atoms with Crippen molar-refractivity contribution in [2.75, 3.05) is 0 Å². The number of rotatable bonds is 4. The van der Waals surface area contributed by atoms with Crippen LogP contribution in [0.1, 0.15) is 42.8 Å². The number of hydrazine groups is 1. The molecule has 0 radical (unpaired) electrons. The number of nitrogens with two attached hydrogens (primary N) is 1. The third-order valence-electron chi connectivity index (χ3n) is 3.41. The number of hydrogen-bond acceptors (Lipinski definition) is 3. The molecular weight excluding hydrogens is 332 g/mol. The molecule has 0 saturated heterocycles. The van der Waals surface area contributed by atoms with Crippen LogP contribution < -0.4 is 11.3 Å². The maximum atomic E-state index is 5.73. The molecular formula is C16H21BrN2S. The molecule has 1 unspecified atom stereocenters. The maximum Gasteiger partial charge on any atom is 0.0701 e. The first-order valence-corrected chi connectivity index (χ1v) is 8.32. The zero-order valence-electron chi connectivity index (χ0n) is 12.1. The van der Waals surface area contributed by atoms with Crippen molar-refractivity contribution >= 4 is 27.3 Å². The van der Waals surface area contributed by atoms with Crippen molar-refractivity contribution < 1.29 is 0 Å². The summed E-state index contributed by atoms with van der Waals surface area (Å²) in [5, 5.41) is 0. The van der Waals surface area contributed by atoms with E-state index in [1.807, 2.05) is 0 Å². The number of hydrogen-bond donors (Lipinski definition) is 2. The molecule has 2 rings (SSSR count). The van der Waals surface area contributed by atoms with E-state index < -0.39 is 0 Å². The molecule has 2 nitrogen and oxygen atoms in total. The number of benzene rings is 1. The second-order valence-electron chi connectivity index (χ2n) is 6.00. The van der Waals surface area contributed by atoms with Gasteiger partial charge in [0.2, 0.25) is 0 Å². The summed E-state index contributed by atoms with van der Waals surface area (Å²) in [6, 6.07) is 13.1. The van der Waals surface area contributed by atoms with Crippen LogP contribution >= 0.6 is 27.3 Å². The van der Waals surface area contributed by atoms with Gasteiger partial charge in [0.25, 0.3) is 0 Å². The average Bonchev–Trinajstić information content (AvgIpc) is 2.81. The highest BCUT2D eigenvalue weighted by Gasteiger charge is 2.16. The van der Waals surface area contributed by atoms with E-state index in [4.69, 9.17) is 5.84 Å². The largest absolute Gasteiger partial charge is 0.271 e. The summed E-state index contributed by atoms with van der Waals surface area (Å²) >= 11 is 5.25. The minimum atomic E-state index is 0.148. The Hall–Kier alpha value is -0.680. The zero-order valence-corrected chi connectivity index (χ0v) is 14.5. The summed E-state index contributed by atoms with van der Waals surface area (Å²) in [5.41, 5.74) is 5.68. The fourth-order valence-electron chi connectivity index (χ4n) is 2.15. The molecule has 0 amide bonds. The van der Waals surface area contributed by atoms with E-state index in [0.29, 0.717) is 0 Å². The standard InChI is InChI=1S/C16H21BrN2S/c1-16(2,3)12-6-4-11(5-7-12)14(19-18)10-13-8-9-15(17)20-13/h4-9,14,19H,10,18H2,1-3H3. The third kappa shape index (κ3) is 3.92. The van der Waals surface area contributed by atoms with Gasteiger partial charge in [-0.25, -0.2) is 0 Å². The Kier molecular flexibility index (Phi) is 5.02. The Morgan fingerprint density at radius 1 is 1.15 bits per heavy atom. The van der Waals surface area contributed by atoms with Crippen LogP contribution in [0.4, 0.5) is 0 Å². The van der Waals surface area contributed by atoms with Crippen LogP contribution in [0.2, 0.25) is 0 Å². The second kappa shape index (κ2) is 6.39. The highest BCUT2D eigenvalue weighted by Crippen LogP contribution is 2.28. The highest BCUT2D eigenvalue weighted by atomic mass is 79.9. The van der Waals surface area contributed by atoms with Gasteiger partial charge in [0, 0.05) is 11.3 Å². The van der Waals surface area contributed by atoms with Gasteiger partial charge in [-0.1, -0.05) is 45.0 Å². The number of nitrogens with one attached hydrogen (secondary N) is 1. The van der Waals surface area contributed by atoms with Crippen molar-refractivity contribution in [2.45, 2.75) is 38.6 Å². The molecule has 1 aromatic heterocycles. The monoisotopic (exact) mass is 352 g/mol. The summed E-state index contributed by atoms with van der Waals surface area (Å²) in [6.45, 7) is 6.68. The molecule has 108 valence electrons. The van der Waals surface area contributed by atoms with Crippen molar-refractivity contribution in [3.63, 3.8) is 0 Å². The molecule has 0 spiro atoms. The van der Waals surface area contributed by atoms with Crippen molar-refractivity contribution in [1.82, 2.24) is 5.43 Å². The van der Waals surface area contributed by atoms with Gasteiger partial charge in [0.1, 0.15) is 0 Å². The molecule has 4 heteroatoms. The summed E-state index contributed by atoms with van der Waals surface area (Å²) in [6.07, 6.45) is 0.904. The lowest BCUT2D eigenvalue weighted by atomic mass is 9.86. The van der Waals surface area contributed by atoms with Crippen molar-refractivity contribution in [2.24, 2.45) is 5.84 Å². The molecule has 0 saturated carbocycles. The highest BCUT2D eigenvalue weighted by molar-refractivity contribution is 9.11. The van der Waals surface area contributed by atoms with Crippen molar-refractivity contribution in [3.05, 3.63) is 56.2 Å². The Balaban J connectivity index is 2.15. The van der Waals surface area contributed by atoms with Gasteiger partial charge in [-0.3, -0.25) is 11.3 Å². The van der Waals surface area contributed by atoms with E-state index in [-0.39, 0.29) is 11.5 Å². The van der Waals surface area contributed by atoms with Crippen LogP contribution in [0.3, 0.4) is 0 Å². The summed E-state index contributed by atoms with van der Waals surface area (Å²) in [5.74, 6) is 5.73. The lowest BCUT2D eigenvalue weighted by Gasteiger charge is -2.21. The lowest BCUT2D eigenvalue weighted by Crippen LogP contribution is -2.29. The van der Waals surface area contributed by atoms with Gasteiger partial charge in [-0.05, 0) is 44.6 Å². The van der Waals surface area contributed by atoms with Gasteiger partial charge in [0.05, 0.1) is 9.83 Å². The zero-order chi connectivity index (χ0) is 14.8. The van der Waals surface area contributed by atoms with E-state index in [1.165, 1.54) is 16.0 Å². The molecule has 1 heterocycles. The molecule has 0 bridgehead atoms. The normalized spacial score (nSPS) is 13.4. The maximum absolute atomic E-state index is 5.73. The Bertz CT molecular complexity index is 555. The average molecular weight is 353 g/mol. The third-order valence-corrected chi connectivity index (χ3v) is 5.06. The van der Waals surface area contributed by atoms with E-state index in [1.54, 1.807) is 11.3 Å². The van der Waals surface area contributed by atoms with Crippen LogP contribution in [0, 0.1) is 0 Å². The Morgan fingerprint density at radius 3 is 2.25 bits per heavy atom. The lowest BCUT2D eigenvalue weighted by molar-refractivity contribution is 0.553. The van der Waals surface area contributed by atoms with Gasteiger partial charge < -0.3 is 0 Å². The first-order valence-electron chi connectivity index (χ1n) is 6.71. The van der Waals surface area contributed by atoms with E-state index in [0.717, 1.165) is 10.2 Å². The predicted octanol–water partition coefficient (Wildman–Crippen LogP) is 4.56. The Labute approximate surface area is 133 Å². The predicted molar refractivity (Wildman–Crippen MR) is 90.9 cm³/mol. The molecule has 0 aliphatic carbocycles. The molecule has 1 atom stereocenters. The van der Waals surface area contributed by atoms with Crippen LogP contribution in [-0.4, -0.2) is 0 Å². The molecule has 20 heavy (non-hydrogen) atoms. The minimum Gasteiger partial charge on any atom is -0.271 e. The van der Waals surface area contributed by atoms with E-state index >= 15 is 0 Å². The summed E-state index contributed by atoms with van der Waals surface area (Å²) in [7, 11) is 0. The Morgan fingerprint density at radius 2 is 1.80 bits per heavy atom. The van der Waals surface area contributed by atoms with Crippen LogP contribution in [0.5, 0.6) is 0 Å². The van der Waals surface area contributed by atoms with E-state index in [9.17, 15) is 0 Å². The van der Waals surface area contributed by atoms with Crippen molar-refractivity contribution in [3.8, 4) is 0 Å². The van der Waals surface area contributed by atoms with Crippen LogP contribution in [0.15, 0.2) is 40.2 Å².